The number of nitrogens with zero attached hydrogens (tertiary/aromatic N) is 5. The third kappa shape index (κ3) is 3.81. The Labute approximate surface area is 202 Å². The van der Waals surface area contributed by atoms with Crippen molar-refractivity contribution in [3.63, 3.8) is 0 Å². The van der Waals surface area contributed by atoms with Crippen LogP contribution >= 0.6 is 0 Å². The molecule has 0 aliphatic carbocycles. The molecule has 2 aliphatic heterocycles. The first kappa shape index (κ1) is 23.2. The molecule has 4 N–H and O–H groups in total. The van der Waals surface area contributed by atoms with E-state index in [-0.39, 0.29) is 23.2 Å². The Bertz CT molecular complexity index is 1400. The maximum absolute atomic E-state index is 14.1. The first-order valence-corrected chi connectivity index (χ1v) is 10.7. The van der Waals surface area contributed by atoms with E-state index in [0.29, 0.717) is 22.8 Å². The summed E-state index contributed by atoms with van der Waals surface area (Å²) in [6.45, 7) is 0.956. The molecule has 174 valence electrons. The molecule has 3 aromatic rings. The normalized spacial score (nSPS) is 23.0. The SMILES string of the molecule is [B]C1([B])Cc2ncc(Nc3ccncc3F)cc2C(O)(CO)N1C1Nn2c(nccc2=O)C=C1C. The minimum atomic E-state index is -2.12. The summed E-state index contributed by atoms with van der Waals surface area (Å²) in [5.74, 6) is -0.208. The summed E-state index contributed by atoms with van der Waals surface area (Å²) in [5.41, 5.74) is 2.25. The molecule has 0 amide bonds. The van der Waals surface area contributed by atoms with Crippen LogP contribution in [0, 0.1) is 5.82 Å². The fraction of sp³-hybridized carbons (Fsp3) is 0.273. The Hall–Kier alpha value is -3.54. The molecule has 5 rings (SSSR count). The number of aromatic nitrogens is 4. The summed E-state index contributed by atoms with van der Waals surface area (Å²) in [6, 6.07) is 4.28. The molecule has 0 saturated carbocycles. The standard InChI is InChI=1S/C22H20B2FN7O3/c1-12-6-18-27-5-3-19(34)31(18)30-20(12)32-21(35,11-33)14-7-13(9-28-17(14)8-22(32,23)24)29-16-2-4-26-10-15(16)25/h2-7,9-10,20,30,33,35H,8,11H2,1H3,(H,26,29). The van der Waals surface area contributed by atoms with E-state index in [2.05, 4.69) is 25.7 Å². The summed E-state index contributed by atoms with van der Waals surface area (Å²) in [5, 5.41) is 23.5. The van der Waals surface area contributed by atoms with Gasteiger partial charge in [-0.2, -0.15) is 0 Å². The molecule has 35 heavy (non-hydrogen) atoms. The number of nitrogens with one attached hydrogen (secondary N) is 2. The highest BCUT2D eigenvalue weighted by Gasteiger charge is 2.53. The van der Waals surface area contributed by atoms with Crippen LogP contribution in [0.3, 0.4) is 0 Å². The predicted molar refractivity (Wildman–Crippen MR) is 128 cm³/mol. The van der Waals surface area contributed by atoms with Crippen molar-refractivity contribution in [3.05, 3.63) is 81.8 Å². The van der Waals surface area contributed by atoms with E-state index in [1.54, 1.807) is 19.1 Å². The average Bonchev–Trinajstić information content (AvgIpc) is 2.81. The fourth-order valence-electron chi connectivity index (χ4n) is 4.55. The molecule has 13 heteroatoms. The van der Waals surface area contributed by atoms with E-state index in [0.717, 1.165) is 6.20 Å². The van der Waals surface area contributed by atoms with Crippen LogP contribution in [-0.4, -0.2) is 68.5 Å². The van der Waals surface area contributed by atoms with Crippen LogP contribution in [0.1, 0.15) is 24.0 Å². The van der Waals surface area contributed by atoms with Gasteiger partial charge in [-0.1, -0.05) is 0 Å². The van der Waals surface area contributed by atoms with Gasteiger partial charge in [0.1, 0.15) is 6.17 Å². The number of hydrogen-bond acceptors (Lipinski definition) is 9. The third-order valence-corrected chi connectivity index (χ3v) is 6.14. The molecule has 4 radical (unpaired) electrons. The molecule has 0 bridgehead atoms. The average molecular weight is 471 g/mol. The van der Waals surface area contributed by atoms with Crippen molar-refractivity contribution in [1.82, 2.24) is 24.5 Å². The van der Waals surface area contributed by atoms with Crippen LogP contribution in [0.25, 0.3) is 6.08 Å². The van der Waals surface area contributed by atoms with Gasteiger partial charge >= 0.3 is 0 Å². The smallest absolute Gasteiger partial charge is 0.272 e. The first-order chi connectivity index (χ1) is 16.6. The Kier molecular flexibility index (Phi) is 5.50. The van der Waals surface area contributed by atoms with E-state index in [1.807, 2.05) is 0 Å². The van der Waals surface area contributed by atoms with Crippen molar-refractivity contribution in [2.45, 2.75) is 30.6 Å². The van der Waals surface area contributed by atoms with E-state index >= 15 is 0 Å². The van der Waals surface area contributed by atoms with Gasteiger partial charge in [-0.25, -0.2) is 14.1 Å². The zero-order valence-electron chi connectivity index (χ0n) is 18.7. The van der Waals surface area contributed by atoms with Gasteiger partial charge < -0.3 is 15.5 Å². The van der Waals surface area contributed by atoms with Crippen LogP contribution in [0.4, 0.5) is 15.8 Å². The van der Waals surface area contributed by atoms with Crippen LogP contribution in [0.5, 0.6) is 0 Å². The summed E-state index contributed by atoms with van der Waals surface area (Å²) in [4.78, 5) is 26.0. The summed E-state index contributed by atoms with van der Waals surface area (Å²) < 4.78 is 15.3. The Morgan fingerprint density at radius 2 is 2.09 bits per heavy atom. The van der Waals surface area contributed by atoms with Crippen LogP contribution in [-0.2, 0) is 12.1 Å². The Balaban J connectivity index is 1.59. The molecule has 2 aliphatic rings. The zero-order chi connectivity index (χ0) is 25.0. The van der Waals surface area contributed by atoms with Crippen molar-refractivity contribution in [2.24, 2.45) is 0 Å². The van der Waals surface area contributed by atoms with Crippen molar-refractivity contribution in [2.75, 3.05) is 17.3 Å². The molecule has 0 fully saturated rings. The minimum absolute atomic E-state index is 0.00873. The van der Waals surface area contributed by atoms with Gasteiger partial charge in [0.05, 0.1) is 46.1 Å². The molecule has 10 nitrogen and oxygen atoms in total. The van der Waals surface area contributed by atoms with E-state index < -0.39 is 29.7 Å². The number of hydrogen-bond donors (Lipinski definition) is 4. The lowest BCUT2D eigenvalue weighted by Crippen LogP contribution is -2.71. The predicted octanol–water partition coefficient (Wildman–Crippen LogP) is -0.111. The Morgan fingerprint density at radius 1 is 1.29 bits per heavy atom. The lowest BCUT2D eigenvalue weighted by Gasteiger charge is -2.57. The van der Waals surface area contributed by atoms with Crippen LogP contribution < -0.4 is 16.3 Å². The van der Waals surface area contributed by atoms with Crippen molar-refractivity contribution in [1.29, 1.82) is 0 Å². The number of aliphatic hydroxyl groups excluding tert-OH is 1. The molecular weight excluding hydrogens is 451 g/mol. The molecule has 2 unspecified atom stereocenters. The number of anilines is 2. The van der Waals surface area contributed by atoms with Gasteiger partial charge in [-0.05, 0) is 42.5 Å². The second-order valence-electron chi connectivity index (χ2n) is 8.61. The third-order valence-electron chi connectivity index (χ3n) is 6.14. The molecular formula is C22H20B2FN7O3. The van der Waals surface area contributed by atoms with Gasteiger partial charge in [0.25, 0.3) is 5.56 Å². The molecule has 0 saturated heterocycles. The van der Waals surface area contributed by atoms with Gasteiger partial charge in [-0.15, -0.1) is 0 Å². The molecule has 3 aromatic heterocycles. The number of halogens is 1. The number of pyridine rings is 2. The van der Waals surface area contributed by atoms with Gasteiger partial charge in [0, 0.05) is 29.7 Å². The van der Waals surface area contributed by atoms with E-state index in [4.69, 9.17) is 15.7 Å². The van der Waals surface area contributed by atoms with Crippen molar-refractivity contribution < 1.29 is 14.6 Å². The molecule has 0 aromatic carbocycles. The molecule has 0 spiro atoms. The number of fused-ring (bicyclic) bond motifs is 2. The van der Waals surface area contributed by atoms with Gasteiger partial charge in [0.2, 0.25) is 0 Å². The summed E-state index contributed by atoms with van der Waals surface area (Å²) in [6.07, 6.45) is 6.12. The maximum Gasteiger partial charge on any atom is 0.272 e. The number of aliphatic hydroxyl groups is 2. The van der Waals surface area contributed by atoms with Gasteiger partial charge in [0.15, 0.2) is 17.4 Å². The highest BCUT2D eigenvalue weighted by Crippen LogP contribution is 2.42. The van der Waals surface area contributed by atoms with E-state index in [1.165, 1.54) is 40.3 Å². The van der Waals surface area contributed by atoms with Crippen LogP contribution in [0.2, 0.25) is 0 Å². The van der Waals surface area contributed by atoms with Crippen molar-refractivity contribution >= 4 is 33.1 Å². The second kappa shape index (κ2) is 8.29. The summed E-state index contributed by atoms with van der Waals surface area (Å²) in [7, 11) is 12.9. The number of rotatable bonds is 4. The van der Waals surface area contributed by atoms with Crippen molar-refractivity contribution in [3.8, 4) is 0 Å². The summed E-state index contributed by atoms with van der Waals surface area (Å²) >= 11 is 0. The minimum Gasteiger partial charge on any atom is -0.392 e. The quantitative estimate of drug-likeness (QED) is 0.386. The lowest BCUT2D eigenvalue weighted by molar-refractivity contribution is -0.178. The monoisotopic (exact) mass is 471 g/mol. The Morgan fingerprint density at radius 3 is 2.83 bits per heavy atom. The maximum atomic E-state index is 14.1. The topological polar surface area (TPSA) is 128 Å². The largest absolute Gasteiger partial charge is 0.392 e. The molecule has 5 heterocycles. The highest BCUT2D eigenvalue weighted by atomic mass is 19.1. The van der Waals surface area contributed by atoms with Gasteiger partial charge in [-0.3, -0.25) is 25.1 Å². The highest BCUT2D eigenvalue weighted by molar-refractivity contribution is 6.40. The van der Waals surface area contributed by atoms with E-state index in [9.17, 15) is 19.4 Å². The van der Waals surface area contributed by atoms with Crippen LogP contribution in [0.15, 0.2) is 53.4 Å². The zero-order valence-corrected chi connectivity index (χ0v) is 18.7. The second-order valence-corrected chi connectivity index (χ2v) is 8.61. The molecule has 2 atom stereocenters. The fourth-order valence-corrected chi connectivity index (χ4v) is 4.55. The first-order valence-electron chi connectivity index (χ1n) is 10.7. The lowest BCUT2D eigenvalue weighted by atomic mass is 9.55.